The molecule has 4 N–H and O–H groups in total. The highest BCUT2D eigenvalue weighted by Gasteiger charge is 2.53. The molecule has 1 unspecified atom stereocenters. The molecule has 0 heterocycles. The molecule has 5 heteroatoms. The number of aryl methyl sites for hydroxylation is 1. The van der Waals surface area contributed by atoms with Crippen molar-refractivity contribution in [2.45, 2.75) is 58.4 Å². The van der Waals surface area contributed by atoms with E-state index in [1.165, 1.54) is 38.5 Å². The molecule has 0 saturated heterocycles. The van der Waals surface area contributed by atoms with Gasteiger partial charge in [-0.3, -0.25) is 9.59 Å². The number of benzene rings is 1. The van der Waals surface area contributed by atoms with E-state index in [9.17, 15) is 9.59 Å². The van der Waals surface area contributed by atoms with Crippen LogP contribution in [0.3, 0.4) is 0 Å². The van der Waals surface area contributed by atoms with Crippen LogP contribution >= 0.6 is 0 Å². The van der Waals surface area contributed by atoms with E-state index in [1.807, 2.05) is 13.0 Å². The molecule has 4 aliphatic carbocycles. The third-order valence-electron chi connectivity index (χ3n) is 7.01. The zero-order chi connectivity index (χ0) is 18.5. The van der Waals surface area contributed by atoms with Crippen molar-refractivity contribution in [1.29, 1.82) is 0 Å². The Morgan fingerprint density at radius 3 is 2.19 bits per heavy atom. The molecule has 5 rings (SSSR count). The van der Waals surface area contributed by atoms with Crippen molar-refractivity contribution in [1.82, 2.24) is 5.32 Å². The molecule has 4 saturated carbocycles. The van der Waals surface area contributed by atoms with Gasteiger partial charge < -0.3 is 16.4 Å². The van der Waals surface area contributed by atoms with Crippen molar-refractivity contribution in [2.24, 2.45) is 23.2 Å². The van der Waals surface area contributed by atoms with E-state index in [0.29, 0.717) is 11.4 Å². The molecule has 140 valence electrons. The first kappa shape index (κ1) is 17.4. The fourth-order valence-corrected chi connectivity index (χ4v) is 6.10. The van der Waals surface area contributed by atoms with E-state index >= 15 is 0 Å². The predicted octanol–water partition coefficient (Wildman–Crippen LogP) is 3.24. The minimum absolute atomic E-state index is 0.0320. The average molecular weight is 355 g/mol. The zero-order valence-electron chi connectivity index (χ0n) is 15.7. The summed E-state index contributed by atoms with van der Waals surface area (Å²) in [5.41, 5.74) is 8.09. The second kappa shape index (κ2) is 6.29. The highest BCUT2D eigenvalue weighted by Crippen LogP contribution is 2.61. The number of hydrogen-bond donors (Lipinski definition) is 3. The molecule has 0 spiro atoms. The van der Waals surface area contributed by atoms with Crippen LogP contribution in [0.2, 0.25) is 0 Å². The van der Waals surface area contributed by atoms with Crippen LogP contribution in [0.4, 0.5) is 11.4 Å². The molecule has 0 aromatic heterocycles. The molecule has 1 aromatic rings. The summed E-state index contributed by atoms with van der Waals surface area (Å²) in [6.45, 7) is 4.01. The van der Waals surface area contributed by atoms with Crippen LogP contribution in [-0.2, 0) is 9.59 Å². The molecule has 0 aliphatic heterocycles. The van der Waals surface area contributed by atoms with Crippen LogP contribution in [-0.4, -0.2) is 17.9 Å². The van der Waals surface area contributed by atoms with E-state index in [-0.39, 0.29) is 11.5 Å². The van der Waals surface area contributed by atoms with Crippen molar-refractivity contribution in [3.05, 3.63) is 23.8 Å². The minimum Gasteiger partial charge on any atom is -0.397 e. The molecule has 4 bridgehead atoms. The lowest BCUT2D eigenvalue weighted by Crippen LogP contribution is -2.57. The number of amides is 2. The van der Waals surface area contributed by atoms with Gasteiger partial charge in [0.05, 0.1) is 11.4 Å². The number of carbonyl (C=O) groups excluding carboxylic acids is 2. The fourth-order valence-electron chi connectivity index (χ4n) is 6.10. The second-order valence-corrected chi connectivity index (χ2v) is 9.02. The summed E-state index contributed by atoms with van der Waals surface area (Å²) >= 11 is 0. The summed E-state index contributed by atoms with van der Waals surface area (Å²) in [7, 11) is 0. The van der Waals surface area contributed by atoms with Gasteiger partial charge in [-0.05, 0) is 93.2 Å². The molecule has 0 radical (unpaired) electrons. The number of nitrogens with one attached hydrogen (secondary N) is 2. The first-order valence-electron chi connectivity index (χ1n) is 9.82. The van der Waals surface area contributed by atoms with E-state index in [4.69, 9.17) is 5.73 Å². The maximum atomic E-state index is 12.5. The first-order valence-corrected chi connectivity index (χ1v) is 9.82. The van der Waals surface area contributed by atoms with Crippen molar-refractivity contribution in [3.63, 3.8) is 0 Å². The zero-order valence-corrected chi connectivity index (χ0v) is 15.7. The van der Waals surface area contributed by atoms with Crippen LogP contribution < -0.4 is 16.4 Å². The molecule has 5 nitrogen and oxygen atoms in total. The highest BCUT2D eigenvalue weighted by molar-refractivity contribution is 6.40. The monoisotopic (exact) mass is 355 g/mol. The standard InChI is InChI=1S/C21H29N3O2/c1-12-3-4-18(17(22)5-12)24-20(26)19(25)23-13(2)21-9-14-6-15(10-21)8-16(7-14)11-21/h3-5,13-16H,6-11,22H2,1-2H3,(H,23,25)(H,24,26). The molecule has 1 atom stereocenters. The Hall–Kier alpha value is -2.04. The van der Waals surface area contributed by atoms with Gasteiger partial charge in [0, 0.05) is 6.04 Å². The third kappa shape index (κ3) is 3.08. The van der Waals surface area contributed by atoms with E-state index in [1.54, 1.807) is 12.1 Å². The minimum atomic E-state index is -0.642. The van der Waals surface area contributed by atoms with Crippen LogP contribution in [0.5, 0.6) is 0 Å². The summed E-state index contributed by atoms with van der Waals surface area (Å²) < 4.78 is 0. The van der Waals surface area contributed by atoms with Gasteiger partial charge in [-0.25, -0.2) is 0 Å². The van der Waals surface area contributed by atoms with E-state index < -0.39 is 11.8 Å². The Kier molecular flexibility index (Phi) is 4.20. The molecular weight excluding hydrogens is 326 g/mol. The number of anilines is 2. The lowest BCUT2D eigenvalue weighted by atomic mass is 9.48. The van der Waals surface area contributed by atoms with Crippen molar-refractivity contribution in [2.75, 3.05) is 11.1 Å². The summed E-state index contributed by atoms with van der Waals surface area (Å²) in [5, 5.41) is 5.64. The van der Waals surface area contributed by atoms with Gasteiger partial charge in [0.2, 0.25) is 0 Å². The molecule has 2 amide bonds. The Bertz CT molecular complexity index is 707. The average Bonchev–Trinajstić information content (AvgIpc) is 2.56. The molecular formula is C21H29N3O2. The Morgan fingerprint density at radius 2 is 1.65 bits per heavy atom. The van der Waals surface area contributed by atoms with Crippen LogP contribution in [0, 0.1) is 30.1 Å². The number of hydrogen-bond acceptors (Lipinski definition) is 3. The largest absolute Gasteiger partial charge is 0.397 e. The maximum Gasteiger partial charge on any atom is 0.313 e. The van der Waals surface area contributed by atoms with Gasteiger partial charge in [0.15, 0.2) is 0 Å². The van der Waals surface area contributed by atoms with Crippen molar-refractivity contribution >= 4 is 23.2 Å². The Labute approximate surface area is 155 Å². The van der Waals surface area contributed by atoms with Gasteiger partial charge in [0.1, 0.15) is 0 Å². The van der Waals surface area contributed by atoms with Gasteiger partial charge in [-0.1, -0.05) is 6.07 Å². The first-order chi connectivity index (χ1) is 12.3. The number of carbonyl (C=O) groups is 2. The van der Waals surface area contributed by atoms with Crippen LogP contribution in [0.25, 0.3) is 0 Å². The third-order valence-corrected chi connectivity index (χ3v) is 7.01. The summed E-state index contributed by atoms with van der Waals surface area (Å²) in [5.74, 6) is 1.26. The lowest BCUT2D eigenvalue weighted by Gasteiger charge is -2.59. The maximum absolute atomic E-state index is 12.5. The second-order valence-electron chi connectivity index (χ2n) is 9.02. The van der Waals surface area contributed by atoms with Gasteiger partial charge in [0.25, 0.3) is 0 Å². The Morgan fingerprint density at radius 1 is 1.08 bits per heavy atom. The number of rotatable bonds is 3. The molecule has 1 aromatic carbocycles. The van der Waals surface area contributed by atoms with E-state index in [2.05, 4.69) is 17.6 Å². The number of nitrogen functional groups attached to an aromatic ring is 1. The Balaban J connectivity index is 1.40. The van der Waals surface area contributed by atoms with Gasteiger partial charge in [-0.15, -0.1) is 0 Å². The molecule has 4 fully saturated rings. The quantitative estimate of drug-likeness (QED) is 0.575. The normalized spacial score (nSPS) is 32.9. The van der Waals surface area contributed by atoms with Crippen LogP contribution in [0.15, 0.2) is 18.2 Å². The molecule has 26 heavy (non-hydrogen) atoms. The van der Waals surface area contributed by atoms with Gasteiger partial charge >= 0.3 is 11.8 Å². The summed E-state index contributed by atoms with van der Waals surface area (Å²) in [4.78, 5) is 24.8. The van der Waals surface area contributed by atoms with Crippen LogP contribution in [0.1, 0.15) is 51.0 Å². The lowest BCUT2D eigenvalue weighted by molar-refractivity contribution is -0.138. The van der Waals surface area contributed by atoms with Gasteiger partial charge in [-0.2, -0.15) is 0 Å². The topological polar surface area (TPSA) is 84.2 Å². The van der Waals surface area contributed by atoms with Crippen molar-refractivity contribution in [3.8, 4) is 0 Å². The summed E-state index contributed by atoms with van der Waals surface area (Å²) in [6.07, 6.45) is 7.71. The van der Waals surface area contributed by atoms with E-state index in [0.717, 1.165) is 23.3 Å². The fraction of sp³-hybridized carbons (Fsp3) is 0.619. The predicted molar refractivity (Wildman–Crippen MR) is 102 cm³/mol. The molecule has 4 aliphatic rings. The SMILES string of the molecule is Cc1ccc(NC(=O)C(=O)NC(C)C23CC4CC(CC(C4)C2)C3)c(N)c1. The summed E-state index contributed by atoms with van der Waals surface area (Å²) in [6, 6.07) is 5.41. The smallest absolute Gasteiger partial charge is 0.313 e. The van der Waals surface area contributed by atoms with Crippen molar-refractivity contribution < 1.29 is 9.59 Å². The highest BCUT2D eigenvalue weighted by atomic mass is 16.2. The number of nitrogens with two attached hydrogens (primary N) is 1.